The monoisotopic (exact) mass is 366 g/mol. The van der Waals surface area contributed by atoms with Crippen LogP contribution in [0.4, 0.5) is 5.69 Å². The molecule has 140 valence electrons. The summed E-state index contributed by atoms with van der Waals surface area (Å²) in [7, 11) is 1.55. The number of pyridine rings is 1. The van der Waals surface area contributed by atoms with Crippen LogP contribution in [0.5, 0.6) is 0 Å². The minimum absolute atomic E-state index is 0.324. The van der Waals surface area contributed by atoms with Crippen LogP contribution in [0.25, 0.3) is 11.0 Å². The number of carbonyl (C=O) groups excluding carboxylic acids is 1. The fourth-order valence-corrected chi connectivity index (χ4v) is 3.21. The predicted octanol–water partition coefficient (Wildman–Crippen LogP) is 2.22. The highest BCUT2D eigenvalue weighted by molar-refractivity contribution is 5.93. The second kappa shape index (κ2) is 6.83. The zero-order valence-electron chi connectivity index (χ0n) is 16.0. The van der Waals surface area contributed by atoms with E-state index in [1.54, 1.807) is 33.0 Å². The molecule has 3 aromatic rings. The summed E-state index contributed by atoms with van der Waals surface area (Å²) in [5.41, 5.74) is 2.30. The van der Waals surface area contributed by atoms with Gasteiger partial charge in [0.2, 0.25) is 5.91 Å². The predicted molar refractivity (Wildman–Crippen MR) is 105 cm³/mol. The number of carbonyl (C=O) groups is 1. The van der Waals surface area contributed by atoms with Crippen LogP contribution >= 0.6 is 0 Å². The Morgan fingerprint density at radius 3 is 2.52 bits per heavy atom. The lowest BCUT2D eigenvalue weighted by molar-refractivity contribution is -0.119. The maximum Gasteiger partial charge on any atom is 0.333 e. The number of aromatic nitrogens is 3. The van der Waals surface area contributed by atoms with E-state index in [9.17, 15) is 14.4 Å². The van der Waals surface area contributed by atoms with Gasteiger partial charge in [0.15, 0.2) is 0 Å². The van der Waals surface area contributed by atoms with E-state index in [1.165, 1.54) is 11.5 Å². The Hall–Kier alpha value is -3.22. The van der Waals surface area contributed by atoms with Crippen molar-refractivity contribution in [3.63, 3.8) is 0 Å². The van der Waals surface area contributed by atoms with E-state index in [2.05, 4.69) is 10.3 Å². The SMILES string of the molecule is Cc1cccc(NC(=O)[C@H](C)n2c(=O)c3c(C)cc(C)nc3n(C)c2=O)c1. The maximum atomic E-state index is 13.0. The van der Waals surface area contributed by atoms with Gasteiger partial charge in [-0.05, 0) is 57.0 Å². The normalized spacial score (nSPS) is 12.2. The van der Waals surface area contributed by atoms with E-state index in [-0.39, 0.29) is 0 Å². The van der Waals surface area contributed by atoms with Crippen molar-refractivity contribution < 1.29 is 4.79 Å². The molecule has 0 fully saturated rings. The van der Waals surface area contributed by atoms with Gasteiger partial charge in [-0.2, -0.15) is 0 Å². The summed E-state index contributed by atoms with van der Waals surface area (Å²) in [4.78, 5) is 42.8. The second-order valence-electron chi connectivity index (χ2n) is 6.83. The molecule has 27 heavy (non-hydrogen) atoms. The Morgan fingerprint density at radius 1 is 1.15 bits per heavy atom. The number of benzene rings is 1. The quantitative estimate of drug-likeness (QED) is 0.770. The number of fused-ring (bicyclic) bond motifs is 1. The second-order valence-corrected chi connectivity index (χ2v) is 6.83. The van der Waals surface area contributed by atoms with E-state index in [1.807, 2.05) is 25.1 Å². The van der Waals surface area contributed by atoms with Crippen LogP contribution in [0.15, 0.2) is 39.9 Å². The largest absolute Gasteiger partial charge is 0.333 e. The molecule has 2 aromatic heterocycles. The number of nitrogens with zero attached hydrogens (tertiary/aromatic N) is 3. The highest BCUT2D eigenvalue weighted by atomic mass is 16.2. The molecule has 0 saturated carbocycles. The highest BCUT2D eigenvalue weighted by Crippen LogP contribution is 2.15. The number of anilines is 1. The standard InChI is InChI=1S/C20H22N4O3/c1-11-7-6-8-15(9-11)22-18(25)14(4)24-19(26)16-12(2)10-13(3)21-17(16)23(5)20(24)27/h6-10,14H,1-5H3,(H,22,25)/t14-/m0/s1. The van der Waals surface area contributed by atoms with Crippen molar-refractivity contribution in [3.8, 4) is 0 Å². The first-order chi connectivity index (χ1) is 12.7. The molecule has 0 spiro atoms. The first kappa shape index (κ1) is 18.6. The third-order valence-electron chi connectivity index (χ3n) is 4.62. The van der Waals surface area contributed by atoms with Crippen LogP contribution in [-0.4, -0.2) is 20.0 Å². The van der Waals surface area contributed by atoms with Gasteiger partial charge >= 0.3 is 5.69 Å². The summed E-state index contributed by atoms with van der Waals surface area (Å²) in [5, 5.41) is 3.11. The fourth-order valence-electron chi connectivity index (χ4n) is 3.21. The molecule has 0 radical (unpaired) electrons. The number of hydrogen-bond acceptors (Lipinski definition) is 4. The molecule has 7 nitrogen and oxygen atoms in total. The lowest BCUT2D eigenvalue weighted by Gasteiger charge is -2.17. The van der Waals surface area contributed by atoms with E-state index in [4.69, 9.17) is 0 Å². The van der Waals surface area contributed by atoms with Gasteiger partial charge in [-0.3, -0.25) is 14.2 Å². The van der Waals surface area contributed by atoms with Gasteiger partial charge in [0, 0.05) is 18.4 Å². The average Bonchev–Trinajstić information content (AvgIpc) is 2.59. The smallest absolute Gasteiger partial charge is 0.324 e. The topological polar surface area (TPSA) is 86.0 Å². The molecule has 7 heteroatoms. The summed E-state index contributed by atoms with van der Waals surface area (Å²) in [6.07, 6.45) is 0. The van der Waals surface area contributed by atoms with Crippen molar-refractivity contribution in [3.05, 3.63) is 68.0 Å². The molecule has 1 amide bonds. The first-order valence-electron chi connectivity index (χ1n) is 8.67. The lowest BCUT2D eigenvalue weighted by Crippen LogP contribution is -2.44. The summed E-state index contributed by atoms with van der Waals surface area (Å²) in [6.45, 7) is 7.06. The van der Waals surface area contributed by atoms with Crippen molar-refractivity contribution >= 4 is 22.6 Å². The number of amides is 1. The third-order valence-corrected chi connectivity index (χ3v) is 4.62. The number of aryl methyl sites for hydroxylation is 4. The van der Waals surface area contributed by atoms with Crippen LogP contribution in [0, 0.1) is 20.8 Å². The molecule has 0 aliphatic carbocycles. The molecule has 2 heterocycles. The zero-order valence-corrected chi connectivity index (χ0v) is 16.0. The zero-order chi connectivity index (χ0) is 19.9. The molecule has 1 atom stereocenters. The number of rotatable bonds is 3. The molecular formula is C20H22N4O3. The summed E-state index contributed by atoms with van der Waals surface area (Å²) in [6, 6.07) is 8.14. The van der Waals surface area contributed by atoms with Crippen LogP contribution in [0.1, 0.15) is 29.8 Å². The van der Waals surface area contributed by atoms with Crippen molar-refractivity contribution in [2.24, 2.45) is 7.05 Å². The van der Waals surface area contributed by atoms with Crippen LogP contribution in [0.3, 0.4) is 0 Å². The first-order valence-corrected chi connectivity index (χ1v) is 8.67. The maximum absolute atomic E-state index is 13.0. The average molecular weight is 366 g/mol. The van der Waals surface area contributed by atoms with E-state index < -0.39 is 23.2 Å². The van der Waals surface area contributed by atoms with Crippen molar-refractivity contribution in [2.45, 2.75) is 33.7 Å². The Balaban J connectivity index is 2.12. The Labute approximate surface area is 156 Å². The van der Waals surface area contributed by atoms with E-state index in [0.717, 1.165) is 21.4 Å². The summed E-state index contributed by atoms with van der Waals surface area (Å²) in [5.74, 6) is -0.433. The van der Waals surface area contributed by atoms with Crippen molar-refractivity contribution in [2.75, 3.05) is 5.32 Å². The van der Waals surface area contributed by atoms with Gasteiger partial charge in [-0.1, -0.05) is 12.1 Å². The van der Waals surface area contributed by atoms with Gasteiger partial charge in [-0.15, -0.1) is 0 Å². The summed E-state index contributed by atoms with van der Waals surface area (Å²) < 4.78 is 2.30. The molecule has 3 rings (SSSR count). The van der Waals surface area contributed by atoms with E-state index >= 15 is 0 Å². The minimum Gasteiger partial charge on any atom is -0.324 e. The molecule has 1 aromatic carbocycles. The molecule has 0 aliphatic heterocycles. The molecule has 1 N–H and O–H groups in total. The fraction of sp³-hybridized carbons (Fsp3) is 0.300. The van der Waals surface area contributed by atoms with Gasteiger partial charge in [0.1, 0.15) is 11.7 Å². The highest BCUT2D eigenvalue weighted by Gasteiger charge is 2.23. The van der Waals surface area contributed by atoms with Crippen LogP contribution in [-0.2, 0) is 11.8 Å². The van der Waals surface area contributed by atoms with Gasteiger partial charge in [0.25, 0.3) is 5.56 Å². The van der Waals surface area contributed by atoms with Gasteiger partial charge in [-0.25, -0.2) is 14.3 Å². The van der Waals surface area contributed by atoms with Crippen LogP contribution < -0.4 is 16.6 Å². The molecular weight excluding hydrogens is 344 g/mol. The molecule has 0 unspecified atom stereocenters. The molecule has 0 saturated heterocycles. The Bertz CT molecular complexity index is 1170. The van der Waals surface area contributed by atoms with Crippen molar-refractivity contribution in [1.29, 1.82) is 0 Å². The molecule has 0 bridgehead atoms. The molecule has 0 aliphatic rings. The Kier molecular flexibility index (Phi) is 4.70. The number of nitrogens with one attached hydrogen (secondary N) is 1. The Morgan fingerprint density at radius 2 is 1.85 bits per heavy atom. The van der Waals surface area contributed by atoms with E-state index in [0.29, 0.717) is 16.7 Å². The van der Waals surface area contributed by atoms with Gasteiger partial charge in [0.05, 0.1) is 5.39 Å². The third kappa shape index (κ3) is 3.28. The lowest BCUT2D eigenvalue weighted by atomic mass is 10.1. The van der Waals surface area contributed by atoms with Crippen LogP contribution in [0.2, 0.25) is 0 Å². The van der Waals surface area contributed by atoms with Crippen molar-refractivity contribution in [1.82, 2.24) is 14.1 Å². The minimum atomic E-state index is -0.971. The number of hydrogen-bond donors (Lipinski definition) is 1. The summed E-state index contributed by atoms with van der Waals surface area (Å²) >= 11 is 0. The van der Waals surface area contributed by atoms with Gasteiger partial charge < -0.3 is 5.32 Å².